The normalized spacial score (nSPS) is 10.2. The second kappa shape index (κ2) is 5.48. The minimum atomic E-state index is -0.352. The Bertz CT molecular complexity index is 586. The Kier molecular flexibility index (Phi) is 3.96. The summed E-state index contributed by atoms with van der Waals surface area (Å²) >= 11 is 2.11. The van der Waals surface area contributed by atoms with Gasteiger partial charge in [0.25, 0.3) is 5.91 Å². The van der Waals surface area contributed by atoms with Crippen molar-refractivity contribution < 1.29 is 9.18 Å². The maximum absolute atomic E-state index is 13.1. The Morgan fingerprint density at radius 3 is 2.56 bits per heavy atom. The van der Waals surface area contributed by atoms with Gasteiger partial charge in [-0.1, -0.05) is 18.2 Å². The highest BCUT2D eigenvalue weighted by Crippen LogP contribution is 2.19. The fourth-order valence-corrected chi connectivity index (χ4v) is 2.24. The zero-order valence-corrected chi connectivity index (χ0v) is 11.9. The first kappa shape index (κ1) is 13.0. The van der Waals surface area contributed by atoms with Crippen molar-refractivity contribution in [3.63, 3.8) is 0 Å². The summed E-state index contributed by atoms with van der Waals surface area (Å²) in [5.74, 6) is -0.500. The minimum Gasteiger partial charge on any atom is -0.311 e. The van der Waals surface area contributed by atoms with E-state index in [1.807, 2.05) is 18.2 Å². The van der Waals surface area contributed by atoms with Gasteiger partial charge >= 0.3 is 0 Å². The second-order valence-electron chi connectivity index (χ2n) is 3.82. The lowest BCUT2D eigenvalue weighted by Gasteiger charge is -2.18. The van der Waals surface area contributed by atoms with Crippen LogP contribution in [0.5, 0.6) is 0 Å². The molecule has 18 heavy (non-hydrogen) atoms. The van der Waals surface area contributed by atoms with Crippen molar-refractivity contribution in [1.82, 2.24) is 0 Å². The van der Waals surface area contributed by atoms with Crippen LogP contribution in [0, 0.1) is 9.39 Å². The number of carbonyl (C=O) groups excluding carboxylic acids is 1. The molecule has 0 heterocycles. The average molecular weight is 355 g/mol. The van der Waals surface area contributed by atoms with Gasteiger partial charge in [-0.2, -0.15) is 0 Å². The number of benzene rings is 2. The number of nitrogens with zero attached hydrogens (tertiary/aromatic N) is 1. The summed E-state index contributed by atoms with van der Waals surface area (Å²) in [6.07, 6.45) is 0. The van der Waals surface area contributed by atoms with E-state index in [2.05, 4.69) is 22.6 Å². The van der Waals surface area contributed by atoms with Gasteiger partial charge in [-0.15, -0.1) is 0 Å². The predicted octanol–water partition coefficient (Wildman–Crippen LogP) is 3.71. The van der Waals surface area contributed by atoms with Gasteiger partial charge in [-0.05, 0) is 52.9 Å². The molecule has 0 saturated carbocycles. The summed E-state index contributed by atoms with van der Waals surface area (Å²) < 4.78 is 14.0. The Morgan fingerprint density at radius 1 is 1.17 bits per heavy atom. The number of hydrogen-bond donors (Lipinski definition) is 0. The molecule has 4 heteroatoms. The molecule has 2 nitrogen and oxygen atoms in total. The standard InChI is InChI=1S/C14H11FINO/c1-17(11-6-4-5-10(15)9-11)14(18)12-7-2-3-8-13(12)16/h2-9H,1H3. The highest BCUT2D eigenvalue weighted by molar-refractivity contribution is 14.1. The molecule has 0 aliphatic rings. The van der Waals surface area contributed by atoms with Crippen molar-refractivity contribution >= 4 is 34.2 Å². The van der Waals surface area contributed by atoms with Gasteiger partial charge in [0.2, 0.25) is 0 Å². The zero-order valence-electron chi connectivity index (χ0n) is 9.73. The Morgan fingerprint density at radius 2 is 1.89 bits per heavy atom. The first-order valence-electron chi connectivity index (χ1n) is 5.38. The van der Waals surface area contributed by atoms with E-state index in [1.165, 1.54) is 17.0 Å². The molecule has 2 aromatic rings. The lowest BCUT2D eigenvalue weighted by Crippen LogP contribution is -2.26. The van der Waals surface area contributed by atoms with Crippen LogP contribution in [0.3, 0.4) is 0 Å². The summed E-state index contributed by atoms with van der Waals surface area (Å²) in [5, 5.41) is 0. The number of anilines is 1. The third-order valence-electron chi connectivity index (χ3n) is 2.60. The Hall–Kier alpha value is -1.43. The van der Waals surface area contributed by atoms with Crippen LogP contribution >= 0.6 is 22.6 Å². The van der Waals surface area contributed by atoms with E-state index in [0.717, 1.165) is 3.57 Å². The minimum absolute atomic E-state index is 0.148. The molecule has 0 spiro atoms. The summed E-state index contributed by atoms with van der Waals surface area (Å²) in [4.78, 5) is 13.7. The molecule has 2 aromatic carbocycles. The summed E-state index contributed by atoms with van der Waals surface area (Å²) in [7, 11) is 1.64. The average Bonchev–Trinajstić information content (AvgIpc) is 2.37. The topological polar surface area (TPSA) is 20.3 Å². The molecule has 0 bridgehead atoms. The van der Waals surface area contributed by atoms with E-state index in [-0.39, 0.29) is 11.7 Å². The molecule has 0 N–H and O–H groups in total. The maximum Gasteiger partial charge on any atom is 0.259 e. The van der Waals surface area contributed by atoms with Crippen LogP contribution in [0.4, 0.5) is 10.1 Å². The molecule has 0 atom stereocenters. The van der Waals surface area contributed by atoms with Crippen molar-refractivity contribution in [1.29, 1.82) is 0 Å². The van der Waals surface area contributed by atoms with E-state index in [4.69, 9.17) is 0 Å². The maximum atomic E-state index is 13.1. The molecule has 1 amide bonds. The van der Waals surface area contributed by atoms with Crippen molar-refractivity contribution in [2.45, 2.75) is 0 Å². The van der Waals surface area contributed by atoms with Gasteiger partial charge in [0, 0.05) is 16.3 Å². The van der Waals surface area contributed by atoms with Crippen molar-refractivity contribution in [3.8, 4) is 0 Å². The van der Waals surface area contributed by atoms with E-state index < -0.39 is 0 Å². The molecule has 92 valence electrons. The van der Waals surface area contributed by atoms with Gasteiger partial charge in [-0.3, -0.25) is 4.79 Å². The van der Waals surface area contributed by atoms with Crippen molar-refractivity contribution in [3.05, 3.63) is 63.5 Å². The fourth-order valence-electron chi connectivity index (χ4n) is 1.62. The van der Waals surface area contributed by atoms with Crippen molar-refractivity contribution in [2.24, 2.45) is 0 Å². The Labute approximate surface area is 119 Å². The number of hydrogen-bond acceptors (Lipinski definition) is 1. The SMILES string of the molecule is CN(C(=O)c1ccccc1I)c1cccc(F)c1. The lowest BCUT2D eigenvalue weighted by molar-refractivity contribution is 0.0992. The molecule has 0 saturated heterocycles. The van der Waals surface area contributed by atoms with Crippen LogP contribution in [-0.2, 0) is 0 Å². The third kappa shape index (κ3) is 2.69. The lowest BCUT2D eigenvalue weighted by atomic mass is 10.2. The highest BCUT2D eigenvalue weighted by atomic mass is 127. The summed E-state index contributed by atoms with van der Waals surface area (Å²) in [5.41, 5.74) is 1.16. The van der Waals surface area contributed by atoms with Crippen LogP contribution in [-0.4, -0.2) is 13.0 Å². The van der Waals surface area contributed by atoms with E-state index >= 15 is 0 Å². The number of amides is 1. The van der Waals surface area contributed by atoms with Gasteiger partial charge < -0.3 is 4.90 Å². The zero-order chi connectivity index (χ0) is 13.1. The third-order valence-corrected chi connectivity index (χ3v) is 3.55. The first-order chi connectivity index (χ1) is 8.59. The van der Waals surface area contributed by atoms with Gasteiger partial charge in [0.15, 0.2) is 0 Å². The molecule has 0 aliphatic heterocycles. The molecular weight excluding hydrogens is 344 g/mol. The van der Waals surface area contributed by atoms with Crippen LogP contribution in [0.1, 0.15) is 10.4 Å². The number of rotatable bonds is 2. The molecular formula is C14H11FINO. The quantitative estimate of drug-likeness (QED) is 0.753. The monoisotopic (exact) mass is 355 g/mol. The largest absolute Gasteiger partial charge is 0.311 e. The molecule has 0 aromatic heterocycles. The van der Waals surface area contributed by atoms with Crippen molar-refractivity contribution in [2.75, 3.05) is 11.9 Å². The summed E-state index contributed by atoms with van der Waals surface area (Å²) in [6, 6.07) is 13.3. The van der Waals surface area contributed by atoms with Gasteiger partial charge in [-0.25, -0.2) is 4.39 Å². The molecule has 2 rings (SSSR count). The van der Waals surface area contributed by atoms with E-state index in [1.54, 1.807) is 25.2 Å². The summed E-state index contributed by atoms with van der Waals surface area (Å²) in [6.45, 7) is 0. The number of halogens is 2. The molecule has 0 radical (unpaired) electrons. The molecule has 0 unspecified atom stereocenters. The predicted molar refractivity (Wildman–Crippen MR) is 78.3 cm³/mol. The molecule has 0 aliphatic carbocycles. The smallest absolute Gasteiger partial charge is 0.259 e. The Balaban J connectivity index is 2.32. The molecule has 0 fully saturated rings. The van der Waals surface area contributed by atoms with Crippen LogP contribution in [0.15, 0.2) is 48.5 Å². The van der Waals surface area contributed by atoms with E-state index in [0.29, 0.717) is 11.3 Å². The fraction of sp³-hybridized carbons (Fsp3) is 0.0714. The highest BCUT2D eigenvalue weighted by Gasteiger charge is 2.15. The van der Waals surface area contributed by atoms with Gasteiger partial charge in [0.1, 0.15) is 5.82 Å². The van der Waals surface area contributed by atoms with Crippen LogP contribution in [0.2, 0.25) is 0 Å². The van der Waals surface area contributed by atoms with Gasteiger partial charge in [0.05, 0.1) is 5.56 Å². The number of carbonyl (C=O) groups is 1. The van der Waals surface area contributed by atoms with E-state index in [9.17, 15) is 9.18 Å². The van der Waals surface area contributed by atoms with Crippen LogP contribution in [0.25, 0.3) is 0 Å². The van der Waals surface area contributed by atoms with Crippen LogP contribution < -0.4 is 4.90 Å². The first-order valence-corrected chi connectivity index (χ1v) is 6.45. The second-order valence-corrected chi connectivity index (χ2v) is 4.99.